The van der Waals surface area contributed by atoms with Crippen LogP contribution in [0.4, 0.5) is 28.4 Å². The summed E-state index contributed by atoms with van der Waals surface area (Å²) in [4.78, 5) is 4.81. The van der Waals surface area contributed by atoms with Crippen molar-refractivity contribution < 1.29 is 18.3 Å². The van der Waals surface area contributed by atoms with Gasteiger partial charge in [-0.2, -0.15) is 0 Å². The van der Waals surface area contributed by atoms with Crippen molar-refractivity contribution in [2.75, 3.05) is 16.4 Å². The molecule has 0 N–H and O–H groups in total. The van der Waals surface area contributed by atoms with Gasteiger partial charge < -0.3 is 28.1 Å². The summed E-state index contributed by atoms with van der Waals surface area (Å²) in [6.45, 7) is 14.2. The fourth-order valence-corrected chi connectivity index (χ4v) is 12.9. The molecule has 376 valence electrons. The normalized spacial score (nSPS) is 19.7. The van der Waals surface area contributed by atoms with E-state index in [-0.39, 0.29) is 28.9 Å². The molecule has 0 spiro atoms. The minimum Gasteiger partial charge on any atom is -0.489 e. The standard InChI is InChI=1S/C70H62N2O4/c1-69(2,3)58-25-13-21-53-55-23-15-27-60(67(55)75-65(53)58)71(48-17-9-7-10-18-48)50-32-29-43-37-45-31-34-62-52(35-36-73-63(45)41-46(43)38-50)57-40-44-30-33-51(39-47(44)42-64(57)74-62)72(49-19-11-8-12-20-49)61-28-16-24-56-54-22-14-26-59(70(4,5)6)66(54)76-68(56)61/h7-25,27-30,32-35,37-38,40-42,51,54,59,66H,26,31,36,39H2,1-6H3/b52-35-,62-34+. The number of para-hydroxylation sites is 5. The molecule has 0 saturated heterocycles. The fourth-order valence-electron chi connectivity index (χ4n) is 12.9. The van der Waals surface area contributed by atoms with E-state index in [9.17, 15) is 0 Å². The lowest BCUT2D eigenvalue weighted by Crippen LogP contribution is -2.38. The molecule has 10 aromatic rings. The highest BCUT2D eigenvalue weighted by Gasteiger charge is 2.46. The first-order valence-corrected chi connectivity index (χ1v) is 27.2. The molecule has 4 unspecified atom stereocenters. The van der Waals surface area contributed by atoms with Crippen LogP contribution in [-0.2, 0) is 18.3 Å². The Morgan fingerprint density at radius 3 is 2.16 bits per heavy atom. The molecule has 2 aromatic heterocycles. The third-order valence-electron chi connectivity index (χ3n) is 16.7. The number of ether oxygens (including phenoxy) is 2. The van der Waals surface area contributed by atoms with Crippen LogP contribution in [0.1, 0.15) is 81.7 Å². The van der Waals surface area contributed by atoms with Gasteiger partial charge in [-0.15, -0.1) is 0 Å². The van der Waals surface area contributed by atoms with E-state index in [2.05, 4.69) is 246 Å². The second-order valence-corrected chi connectivity index (χ2v) is 23.5. The second kappa shape index (κ2) is 17.7. The first-order valence-electron chi connectivity index (χ1n) is 27.2. The second-order valence-electron chi connectivity index (χ2n) is 23.5. The largest absolute Gasteiger partial charge is 0.489 e. The Bertz CT molecular complexity index is 4130. The Hall–Kier alpha value is -8.22. The van der Waals surface area contributed by atoms with E-state index in [4.69, 9.17) is 18.3 Å². The zero-order valence-electron chi connectivity index (χ0n) is 44.1. The molecule has 4 aliphatic rings. The van der Waals surface area contributed by atoms with E-state index in [0.717, 1.165) is 113 Å². The summed E-state index contributed by atoms with van der Waals surface area (Å²) in [6, 6.07) is 57.0. The summed E-state index contributed by atoms with van der Waals surface area (Å²) >= 11 is 0. The Morgan fingerprint density at radius 2 is 1.36 bits per heavy atom. The molecule has 6 heteroatoms. The lowest BCUT2D eigenvalue weighted by atomic mass is 9.69. The van der Waals surface area contributed by atoms with Crippen molar-refractivity contribution in [2.24, 2.45) is 11.3 Å². The van der Waals surface area contributed by atoms with Crippen LogP contribution < -0.4 is 29.9 Å². The Morgan fingerprint density at radius 1 is 0.592 bits per heavy atom. The van der Waals surface area contributed by atoms with E-state index in [1.807, 2.05) is 0 Å². The van der Waals surface area contributed by atoms with Gasteiger partial charge in [0.1, 0.15) is 40.8 Å². The Labute approximate surface area is 444 Å². The highest BCUT2D eigenvalue weighted by Crippen LogP contribution is 2.54. The summed E-state index contributed by atoms with van der Waals surface area (Å²) in [5.41, 5.74) is 15.1. The first-order chi connectivity index (χ1) is 36.9. The number of fused-ring (bicyclic) bond motifs is 12. The Kier molecular flexibility index (Phi) is 10.8. The molecular weight excluding hydrogens is 933 g/mol. The van der Waals surface area contributed by atoms with E-state index in [0.29, 0.717) is 18.9 Å². The summed E-state index contributed by atoms with van der Waals surface area (Å²) in [6.07, 6.45) is 16.5. The van der Waals surface area contributed by atoms with Crippen LogP contribution in [0.25, 0.3) is 61.9 Å². The number of hydrogen-bond donors (Lipinski definition) is 0. The van der Waals surface area contributed by atoms with Gasteiger partial charge in [0.15, 0.2) is 5.58 Å². The number of nitrogens with zero attached hydrogens (tertiary/aromatic N) is 2. The average Bonchev–Trinajstić information content (AvgIpc) is 4.18. The van der Waals surface area contributed by atoms with Crippen LogP contribution in [0, 0.1) is 11.3 Å². The van der Waals surface area contributed by atoms with Crippen molar-refractivity contribution in [3.63, 3.8) is 0 Å². The summed E-state index contributed by atoms with van der Waals surface area (Å²) in [5.74, 6) is 2.57. The zero-order valence-corrected chi connectivity index (χ0v) is 44.1. The summed E-state index contributed by atoms with van der Waals surface area (Å²) in [5, 5.41) is 6.66. The van der Waals surface area contributed by atoms with E-state index in [1.54, 1.807) is 0 Å². The van der Waals surface area contributed by atoms with Crippen molar-refractivity contribution in [3.8, 4) is 11.5 Å². The highest BCUT2D eigenvalue weighted by molar-refractivity contribution is 6.11. The molecule has 6 nitrogen and oxygen atoms in total. The molecule has 0 radical (unpaired) electrons. The van der Waals surface area contributed by atoms with Crippen LogP contribution in [0.3, 0.4) is 0 Å². The van der Waals surface area contributed by atoms with Gasteiger partial charge in [0.2, 0.25) is 0 Å². The first kappa shape index (κ1) is 46.3. The maximum Gasteiger partial charge on any atom is 0.159 e. The van der Waals surface area contributed by atoms with Crippen LogP contribution in [0.5, 0.6) is 11.5 Å². The molecule has 2 aliphatic heterocycles. The van der Waals surface area contributed by atoms with Gasteiger partial charge in [-0.05, 0) is 143 Å². The molecule has 2 aliphatic carbocycles. The third-order valence-corrected chi connectivity index (χ3v) is 16.7. The summed E-state index contributed by atoms with van der Waals surface area (Å²) in [7, 11) is 0. The van der Waals surface area contributed by atoms with Crippen molar-refractivity contribution in [2.45, 2.75) is 84.3 Å². The molecule has 0 amide bonds. The van der Waals surface area contributed by atoms with Gasteiger partial charge in [-0.1, -0.05) is 151 Å². The smallest absolute Gasteiger partial charge is 0.159 e. The van der Waals surface area contributed by atoms with Crippen LogP contribution in [0.15, 0.2) is 185 Å². The monoisotopic (exact) mass is 994 g/mol. The van der Waals surface area contributed by atoms with E-state index < -0.39 is 0 Å². The molecule has 0 saturated carbocycles. The van der Waals surface area contributed by atoms with Crippen molar-refractivity contribution in [1.82, 2.24) is 0 Å². The van der Waals surface area contributed by atoms with Gasteiger partial charge in [0.05, 0.1) is 17.4 Å². The van der Waals surface area contributed by atoms with Crippen LogP contribution in [0.2, 0.25) is 0 Å². The molecule has 76 heavy (non-hydrogen) atoms. The van der Waals surface area contributed by atoms with Gasteiger partial charge in [0, 0.05) is 61.4 Å². The minimum atomic E-state index is -0.0733. The van der Waals surface area contributed by atoms with Gasteiger partial charge >= 0.3 is 0 Å². The predicted octanol–water partition coefficient (Wildman–Crippen LogP) is 16.7. The molecule has 14 rings (SSSR count). The molecule has 8 aromatic carbocycles. The molecular formula is C70H62N2O4. The number of rotatable bonds is 6. The maximum atomic E-state index is 7.14. The van der Waals surface area contributed by atoms with Crippen molar-refractivity contribution in [1.29, 1.82) is 0 Å². The fraction of sp³-hybridized carbons (Fsp3) is 0.229. The minimum absolute atomic E-state index is 0.0571. The van der Waals surface area contributed by atoms with Crippen molar-refractivity contribution in [3.05, 3.63) is 214 Å². The molecule has 4 atom stereocenters. The number of hydrogen-bond acceptors (Lipinski definition) is 6. The van der Waals surface area contributed by atoms with Crippen molar-refractivity contribution >= 4 is 90.3 Å². The topological polar surface area (TPSA) is 51.2 Å². The molecule has 4 heterocycles. The van der Waals surface area contributed by atoms with E-state index in [1.165, 1.54) is 22.3 Å². The van der Waals surface area contributed by atoms with Crippen LogP contribution >= 0.6 is 0 Å². The van der Waals surface area contributed by atoms with Crippen LogP contribution in [-0.4, -0.2) is 18.8 Å². The lowest BCUT2D eigenvalue weighted by Gasteiger charge is -2.38. The SMILES string of the molecule is CC(C)(C)c1cccc2c1oc1c(N(c3ccccc3)c3ccc4cc5c(cc4c3)OC/C=c3\c(oc4cc6c(cc34)C=CC(N(c3ccccc3)c3cccc4c3OC3C4C=CCC3C(C)(C)C)C6)=C/C5)cccc12. The predicted molar refractivity (Wildman–Crippen MR) is 314 cm³/mol. The highest BCUT2D eigenvalue weighted by atomic mass is 16.5. The number of furan rings is 2. The van der Waals surface area contributed by atoms with Gasteiger partial charge in [0.25, 0.3) is 0 Å². The molecule has 0 fully saturated rings. The van der Waals surface area contributed by atoms with Gasteiger partial charge in [-0.3, -0.25) is 0 Å². The number of benzene rings is 8. The number of anilines is 5. The zero-order chi connectivity index (χ0) is 51.5. The average molecular weight is 995 g/mol. The van der Waals surface area contributed by atoms with Gasteiger partial charge in [-0.25, -0.2) is 0 Å². The summed E-state index contributed by atoms with van der Waals surface area (Å²) < 4.78 is 27.7. The molecule has 0 bridgehead atoms. The lowest BCUT2D eigenvalue weighted by molar-refractivity contribution is 0.0663. The Balaban J connectivity index is 0.786. The quantitative estimate of drug-likeness (QED) is 0.155. The third kappa shape index (κ3) is 7.75. The maximum absolute atomic E-state index is 7.14. The number of allylic oxidation sites excluding steroid dienone is 1. The van der Waals surface area contributed by atoms with E-state index >= 15 is 0 Å².